The Morgan fingerprint density at radius 3 is 2.74 bits per heavy atom. The topological polar surface area (TPSA) is 60.2 Å². The standard InChI is InChI=1S/C13H12BrN3OS/c1-18-12-5-3-9(7-16-12)17-11-4-2-8(14)6-10(11)13(15)19/h2-7,17H,1H3,(H2,15,19). The largest absolute Gasteiger partial charge is 0.481 e. The molecule has 98 valence electrons. The predicted octanol–water partition coefficient (Wildman–Crippen LogP) is 3.23. The highest BCUT2D eigenvalue weighted by Crippen LogP contribution is 2.24. The van der Waals surface area contributed by atoms with E-state index in [4.69, 9.17) is 22.7 Å². The highest BCUT2D eigenvalue weighted by molar-refractivity contribution is 9.10. The van der Waals surface area contributed by atoms with Crippen molar-refractivity contribution < 1.29 is 4.74 Å². The molecule has 0 aliphatic carbocycles. The van der Waals surface area contributed by atoms with Gasteiger partial charge in [0.05, 0.1) is 19.0 Å². The van der Waals surface area contributed by atoms with Gasteiger partial charge in [-0.15, -0.1) is 0 Å². The molecule has 1 aromatic carbocycles. The second-order valence-electron chi connectivity index (χ2n) is 3.77. The number of hydrogen-bond acceptors (Lipinski definition) is 4. The van der Waals surface area contributed by atoms with Crippen LogP contribution in [0.2, 0.25) is 0 Å². The monoisotopic (exact) mass is 337 g/mol. The average molecular weight is 338 g/mol. The molecule has 1 heterocycles. The summed E-state index contributed by atoms with van der Waals surface area (Å²) in [6, 6.07) is 9.35. The first kappa shape index (κ1) is 13.8. The zero-order valence-electron chi connectivity index (χ0n) is 10.2. The summed E-state index contributed by atoms with van der Waals surface area (Å²) >= 11 is 8.44. The van der Waals surface area contributed by atoms with E-state index >= 15 is 0 Å². The lowest BCUT2D eigenvalue weighted by molar-refractivity contribution is 0.398. The summed E-state index contributed by atoms with van der Waals surface area (Å²) in [6.45, 7) is 0. The van der Waals surface area contributed by atoms with Gasteiger partial charge in [0.1, 0.15) is 4.99 Å². The Kier molecular flexibility index (Phi) is 4.34. The van der Waals surface area contributed by atoms with E-state index < -0.39 is 0 Å². The minimum Gasteiger partial charge on any atom is -0.481 e. The number of nitrogens with two attached hydrogens (primary N) is 1. The predicted molar refractivity (Wildman–Crippen MR) is 84.1 cm³/mol. The fraction of sp³-hybridized carbons (Fsp3) is 0.0769. The first-order chi connectivity index (χ1) is 9.10. The number of nitrogens with one attached hydrogen (secondary N) is 1. The molecule has 0 atom stereocenters. The van der Waals surface area contributed by atoms with Gasteiger partial charge in [0.15, 0.2) is 0 Å². The zero-order chi connectivity index (χ0) is 13.8. The molecule has 0 aliphatic heterocycles. The van der Waals surface area contributed by atoms with Crippen LogP contribution in [0.4, 0.5) is 11.4 Å². The van der Waals surface area contributed by atoms with Crippen LogP contribution in [-0.4, -0.2) is 17.1 Å². The number of halogens is 1. The number of benzene rings is 1. The van der Waals surface area contributed by atoms with E-state index in [2.05, 4.69) is 26.2 Å². The number of aromatic nitrogens is 1. The lowest BCUT2D eigenvalue weighted by Crippen LogP contribution is -2.12. The van der Waals surface area contributed by atoms with Crippen molar-refractivity contribution in [2.24, 2.45) is 5.73 Å². The lowest BCUT2D eigenvalue weighted by atomic mass is 10.1. The van der Waals surface area contributed by atoms with Crippen LogP contribution in [0.3, 0.4) is 0 Å². The molecule has 0 saturated heterocycles. The van der Waals surface area contributed by atoms with Gasteiger partial charge in [-0.25, -0.2) is 4.98 Å². The molecule has 2 rings (SSSR count). The maximum atomic E-state index is 5.72. The Morgan fingerprint density at radius 2 is 2.16 bits per heavy atom. The quantitative estimate of drug-likeness (QED) is 0.838. The van der Waals surface area contributed by atoms with Gasteiger partial charge in [-0.2, -0.15) is 0 Å². The van der Waals surface area contributed by atoms with Crippen LogP contribution in [0.25, 0.3) is 0 Å². The Balaban J connectivity index is 2.29. The third kappa shape index (κ3) is 3.42. The maximum Gasteiger partial charge on any atom is 0.213 e. The fourth-order valence-electron chi connectivity index (χ4n) is 1.56. The minimum absolute atomic E-state index is 0.338. The van der Waals surface area contributed by atoms with E-state index in [1.54, 1.807) is 19.4 Å². The van der Waals surface area contributed by atoms with Gasteiger partial charge >= 0.3 is 0 Å². The van der Waals surface area contributed by atoms with Crippen LogP contribution in [0.1, 0.15) is 5.56 Å². The summed E-state index contributed by atoms with van der Waals surface area (Å²) in [6.07, 6.45) is 1.68. The molecule has 0 spiro atoms. The van der Waals surface area contributed by atoms with Crippen LogP contribution in [-0.2, 0) is 0 Å². The van der Waals surface area contributed by atoms with E-state index in [1.165, 1.54) is 0 Å². The molecule has 0 radical (unpaired) electrons. The Labute approximate surface area is 125 Å². The molecule has 0 saturated carbocycles. The molecule has 0 fully saturated rings. The van der Waals surface area contributed by atoms with Gasteiger partial charge in [-0.05, 0) is 24.3 Å². The van der Waals surface area contributed by atoms with E-state index in [9.17, 15) is 0 Å². The summed E-state index contributed by atoms with van der Waals surface area (Å²) in [5, 5.41) is 3.23. The van der Waals surface area contributed by atoms with Crippen molar-refractivity contribution in [3.8, 4) is 5.88 Å². The Morgan fingerprint density at radius 1 is 1.37 bits per heavy atom. The molecule has 19 heavy (non-hydrogen) atoms. The van der Waals surface area contributed by atoms with E-state index in [-0.39, 0.29) is 0 Å². The zero-order valence-corrected chi connectivity index (χ0v) is 12.6. The highest BCUT2D eigenvalue weighted by Gasteiger charge is 2.06. The second kappa shape index (κ2) is 5.99. The summed E-state index contributed by atoms with van der Waals surface area (Å²) in [5.41, 5.74) is 8.17. The van der Waals surface area contributed by atoms with Gasteiger partial charge in [-0.1, -0.05) is 28.1 Å². The molecule has 4 nitrogen and oxygen atoms in total. The van der Waals surface area contributed by atoms with Crippen molar-refractivity contribution in [2.75, 3.05) is 12.4 Å². The van der Waals surface area contributed by atoms with Crippen LogP contribution >= 0.6 is 28.1 Å². The van der Waals surface area contributed by atoms with Crippen LogP contribution in [0, 0.1) is 0 Å². The summed E-state index contributed by atoms with van der Waals surface area (Å²) in [5.74, 6) is 0.566. The fourth-order valence-corrected chi connectivity index (χ4v) is 2.09. The average Bonchev–Trinajstić information content (AvgIpc) is 2.41. The third-order valence-electron chi connectivity index (χ3n) is 2.47. The van der Waals surface area contributed by atoms with E-state index in [0.29, 0.717) is 10.9 Å². The minimum atomic E-state index is 0.338. The van der Waals surface area contributed by atoms with Gasteiger partial charge < -0.3 is 15.8 Å². The van der Waals surface area contributed by atoms with Gasteiger partial charge in [0.2, 0.25) is 5.88 Å². The van der Waals surface area contributed by atoms with Crippen molar-refractivity contribution in [1.82, 2.24) is 4.98 Å². The molecular formula is C13H12BrN3OS. The summed E-state index contributed by atoms with van der Waals surface area (Å²) < 4.78 is 5.94. The third-order valence-corrected chi connectivity index (χ3v) is 3.18. The molecule has 0 aliphatic rings. The Hall–Kier alpha value is -1.66. The summed E-state index contributed by atoms with van der Waals surface area (Å²) in [4.78, 5) is 4.47. The second-order valence-corrected chi connectivity index (χ2v) is 5.12. The van der Waals surface area contributed by atoms with Crippen molar-refractivity contribution in [2.45, 2.75) is 0 Å². The van der Waals surface area contributed by atoms with Crippen molar-refractivity contribution >= 4 is 44.5 Å². The maximum absolute atomic E-state index is 5.72. The molecule has 2 aromatic rings. The molecular weight excluding hydrogens is 326 g/mol. The summed E-state index contributed by atoms with van der Waals surface area (Å²) in [7, 11) is 1.58. The van der Waals surface area contributed by atoms with Gasteiger partial charge in [0, 0.05) is 21.8 Å². The number of thiocarbonyl (C=S) groups is 1. The van der Waals surface area contributed by atoms with Gasteiger partial charge in [0.25, 0.3) is 0 Å². The first-order valence-electron chi connectivity index (χ1n) is 5.46. The first-order valence-corrected chi connectivity index (χ1v) is 6.66. The number of anilines is 2. The number of rotatable bonds is 4. The van der Waals surface area contributed by atoms with Crippen molar-refractivity contribution in [1.29, 1.82) is 0 Å². The number of pyridine rings is 1. The lowest BCUT2D eigenvalue weighted by Gasteiger charge is -2.11. The van der Waals surface area contributed by atoms with Crippen LogP contribution < -0.4 is 15.8 Å². The number of hydrogen-bond donors (Lipinski definition) is 2. The smallest absolute Gasteiger partial charge is 0.213 e. The van der Waals surface area contributed by atoms with Gasteiger partial charge in [-0.3, -0.25) is 0 Å². The van der Waals surface area contributed by atoms with Crippen LogP contribution in [0.15, 0.2) is 41.0 Å². The van der Waals surface area contributed by atoms with Crippen molar-refractivity contribution in [3.63, 3.8) is 0 Å². The number of nitrogens with zero attached hydrogens (tertiary/aromatic N) is 1. The molecule has 3 N–H and O–H groups in total. The van der Waals surface area contributed by atoms with E-state index in [1.807, 2.05) is 24.3 Å². The molecule has 0 amide bonds. The number of methoxy groups -OCH3 is 1. The molecule has 0 bridgehead atoms. The molecule has 1 aromatic heterocycles. The Bertz CT molecular complexity index is 601. The van der Waals surface area contributed by atoms with Crippen molar-refractivity contribution in [3.05, 3.63) is 46.6 Å². The molecule has 6 heteroatoms. The van der Waals surface area contributed by atoms with Crippen LogP contribution in [0.5, 0.6) is 5.88 Å². The SMILES string of the molecule is COc1ccc(Nc2ccc(Br)cc2C(N)=S)cn1. The molecule has 0 unspecified atom stereocenters. The normalized spacial score (nSPS) is 10.0. The highest BCUT2D eigenvalue weighted by atomic mass is 79.9. The van der Waals surface area contributed by atoms with E-state index in [0.717, 1.165) is 21.4 Å². The number of ether oxygens (including phenoxy) is 1.